The van der Waals surface area contributed by atoms with Gasteiger partial charge in [0.15, 0.2) is 0 Å². The standard InChI is InChI=1S/C17H21NO2/c1-19-15-7-8-16-13(12-15)4-2-6-17(16)18-10-9-14-5-3-11-20-14/h3,5,7-8,11-12,17-18H,2,4,6,9-10H2,1H3. The van der Waals surface area contributed by atoms with Gasteiger partial charge >= 0.3 is 0 Å². The van der Waals surface area contributed by atoms with E-state index in [-0.39, 0.29) is 0 Å². The molecule has 0 amide bonds. The van der Waals surface area contributed by atoms with Crippen molar-refractivity contribution in [2.75, 3.05) is 13.7 Å². The summed E-state index contributed by atoms with van der Waals surface area (Å²) in [5.41, 5.74) is 2.85. The molecule has 3 rings (SSSR count). The largest absolute Gasteiger partial charge is 0.497 e. The Morgan fingerprint density at radius 3 is 3.10 bits per heavy atom. The van der Waals surface area contributed by atoms with Gasteiger partial charge in [-0.25, -0.2) is 0 Å². The molecule has 0 bridgehead atoms. The molecule has 20 heavy (non-hydrogen) atoms. The van der Waals surface area contributed by atoms with E-state index in [1.54, 1.807) is 13.4 Å². The van der Waals surface area contributed by atoms with Crippen LogP contribution < -0.4 is 10.1 Å². The van der Waals surface area contributed by atoms with Crippen LogP contribution in [0.3, 0.4) is 0 Å². The summed E-state index contributed by atoms with van der Waals surface area (Å²) in [5, 5.41) is 3.65. The molecule has 1 unspecified atom stereocenters. The molecule has 1 N–H and O–H groups in total. The van der Waals surface area contributed by atoms with E-state index in [2.05, 4.69) is 23.5 Å². The minimum Gasteiger partial charge on any atom is -0.497 e. The summed E-state index contributed by atoms with van der Waals surface area (Å²) < 4.78 is 10.7. The van der Waals surface area contributed by atoms with Gasteiger partial charge in [-0.3, -0.25) is 0 Å². The van der Waals surface area contributed by atoms with Crippen molar-refractivity contribution in [1.29, 1.82) is 0 Å². The summed E-state index contributed by atoms with van der Waals surface area (Å²) in [6.07, 6.45) is 6.27. The van der Waals surface area contributed by atoms with Crippen molar-refractivity contribution in [2.45, 2.75) is 31.7 Å². The van der Waals surface area contributed by atoms with Crippen molar-refractivity contribution < 1.29 is 9.15 Å². The number of benzene rings is 1. The summed E-state index contributed by atoms with van der Waals surface area (Å²) in [7, 11) is 1.73. The molecule has 3 heteroatoms. The number of fused-ring (bicyclic) bond motifs is 1. The number of methoxy groups -OCH3 is 1. The zero-order valence-corrected chi connectivity index (χ0v) is 11.9. The zero-order valence-electron chi connectivity index (χ0n) is 11.9. The maximum atomic E-state index is 5.37. The van der Waals surface area contributed by atoms with E-state index in [0.717, 1.165) is 30.9 Å². The lowest BCUT2D eigenvalue weighted by Crippen LogP contribution is -2.27. The lowest BCUT2D eigenvalue weighted by Gasteiger charge is -2.26. The molecular weight excluding hydrogens is 250 g/mol. The molecule has 0 saturated carbocycles. The van der Waals surface area contributed by atoms with Crippen molar-refractivity contribution in [3.63, 3.8) is 0 Å². The summed E-state index contributed by atoms with van der Waals surface area (Å²) in [6.45, 7) is 0.948. The normalized spacial score (nSPS) is 17.8. The van der Waals surface area contributed by atoms with Gasteiger partial charge in [-0.05, 0) is 54.7 Å². The second-order valence-electron chi connectivity index (χ2n) is 5.29. The van der Waals surface area contributed by atoms with Crippen LogP contribution in [0.15, 0.2) is 41.0 Å². The average Bonchev–Trinajstić information content (AvgIpc) is 3.00. The highest BCUT2D eigenvalue weighted by molar-refractivity contribution is 5.39. The first-order chi connectivity index (χ1) is 9.86. The molecule has 1 atom stereocenters. The monoisotopic (exact) mass is 271 g/mol. The van der Waals surface area contributed by atoms with Crippen LogP contribution in [0.2, 0.25) is 0 Å². The number of rotatable bonds is 5. The van der Waals surface area contributed by atoms with Crippen molar-refractivity contribution >= 4 is 0 Å². The van der Waals surface area contributed by atoms with Crippen LogP contribution in [-0.2, 0) is 12.8 Å². The molecule has 2 aromatic rings. The molecule has 0 aliphatic heterocycles. The molecule has 1 aliphatic carbocycles. The number of hydrogen-bond acceptors (Lipinski definition) is 3. The second-order valence-corrected chi connectivity index (χ2v) is 5.29. The number of hydrogen-bond donors (Lipinski definition) is 1. The van der Waals surface area contributed by atoms with Crippen LogP contribution >= 0.6 is 0 Å². The number of furan rings is 1. The highest BCUT2D eigenvalue weighted by atomic mass is 16.5. The Morgan fingerprint density at radius 1 is 1.35 bits per heavy atom. The molecule has 3 nitrogen and oxygen atoms in total. The van der Waals surface area contributed by atoms with Crippen molar-refractivity contribution in [3.05, 3.63) is 53.5 Å². The van der Waals surface area contributed by atoms with Crippen LogP contribution in [0, 0.1) is 0 Å². The maximum Gasteiger partial charge on any atom is 0.119 e. The Labute approximate surface area is 119 Å². The molecular formula is C17H21NO2. The maximum absolute atomic E-state index is 5.37. The summed E-state index contributed by atoms with van der Waals surface area (Å²) in [5.74, 6) is 2.00. The second kappa shape index (κ2) is 6.14. The fourth-order valence-electron chi connectivity index (χ4n) is 2.95. The predicted octanol–water partition coefficient (Wildman–Crippen LogP) is 3.50. The van der Waals surface area contributed by atoms with Gasteiger partial charge in [-0.15, -0.1) is 0 Å². The summed E-state index contributed by atoms with van der Waals surface area (Å²) in [6, 6.07) is 10.9. The van der Waals surface area contributed by atoms with E-state index in [0.29, 0.717) is 6.04 Å². The molecule has 0 saturated heterocycles. The fourth-order valence-corrected chi connectivity index (χ4v) is 2.95. The first kappa shape index (κ1) is 13.3. The summed E-state index contributed by atoms with van der Waals surface area (Å²) >= 11 is 0. The minimum atomic E-state index is 0.458. The Bertz CT molecular complexity index is 548. The lowest BCUT2D eigenvalue weighted by atomic mass is 9.87. The Balaban J connectivity index is 1.64. The third-order valence-corrected chi connectivity index (χ3v) is 4.01. The first-order valence-electron chi connectivity index (χ1n) is 7.29. The van der Waals surface area contributed by atoms with Crippen LogP contribution in [-0.4, -0.2) is 13.7 Å². The molecule has 0 spiro atoms. The Morgan fingerprint density at radius 2 is 2.30 bits per heavy atom. The van der Waals surface area contributed by atoms with E-state index in [1.165, 1.54) is 24.0 Å². The minimum absolute atomic E-state index is 0.458. The third-order valence-electron chi connectivity index (χ3n) is 4.01. The van der Waals surface area contributed by atoms with E-state index in [4.69, 9.17) is 9.15 Å². The molecule has 0 fully saturated rings. The van der Waals surface area contributed by atoms with Gasteiger partial charge in [0.1, 0.15) is 11.5 Å². The molecule has 1 aromatic carbocycles. The molecule has 0 radical (unpaired) electrons. The number of ether oxygens (including phenoxy) is 1. The lowest BCUT2D eigenvalue weighted by molar-refractivity contribution is 0.410. The number of nitrogens with one attached hydrogen (secondary N) is 1. The molecule has 106 valence electrons. The smallest absolute Gasteiger partial charge is 0.119 e. The van der Waals surface area contributed by atoms with E-state index in [9.17, 15) is 0 Å². The van der Waals surface area contributed by atoms with Crippen LogP contribution in [0.1, 0.15) is 35.8 Å². The third kappa shape index (κ3) is 2.88. The highest BCUT2D eigenvalue weighted by Gasteiger charge is 2.19. The van der Waals surface area contributed by atoms with Gasteiger partial charge < -0.3 is 14.5 Å². The number of aryl methyl sites for hydroxylation is 1. The van der Waals surface area contributed by atoms with E-state index >= 15 is 0 Å². The highest BCUT2D eigenvalue weighted by Crippen LogP contribution is 2.32. The SMILES string of the molecule is COc1ccc2c(c1)CCCC2NCCc1ccco1. The van der Waals surface area contributed by atoms with Crippen molar-refractivity contribution in [2.24, 2.45) is 0 Å². The van der Waals surface area contributed by atoms with E-state index in [1.807, 2.05) is 12.1 Å². The van der Waals surface area contributed by atoms with Crippen molar-refractivity contribution in [1.82, 2.24) is 5.32 Å². The quantitative estimate of drug-likeness (QED) is 0.904. The van der Waals surface area contributed by atoms with Gasteiger partial charge in [0.05, 0.1) is 13.4 Å². The van der Waals surface area contributed by atoms with Gasteiger partial charge in [-0.1, -0.05) is 6.07 Å². The molecule has 1 aliphatic rings. The van der Waals surface area contributed by atoms with Crippen LogP contribution in [0.25, 0.3) is 0 Å². The Hall–Kier alpha value is -1.74. The fraction of sp³-hybridized carbons (Fsp3) is 0.412. The molecule has 1 aromatic heterocycles. The predicted molar refractivity (Wildman–Crippen MR) is 79.1 cm³/mol. The molecule has 1 heterocycles. The van der Waals surface area contributed by atoms with Gasteiger partial charge in [0.25, 0.3) is 0 Å². The topological polar surface area (TPSA) is 34.4 Å². The van der Waals surface area contributed by atoms with E-state index < -0.39 is 0 Å². The first-order valence-corrected chi connectivity index (χ1v) is 7.29. The summed E-state index contributed by atoms with van der Waals surface area (Å²) in [4.78, 5) is 0. The zero-order chi connectivity index (χ0) is 13.8. The average molecular weight is 271 g/mol. The van der Waals surface area contributed by atoms with Gasteiger partial charge in [-0.2, -0.15) is 0 Å². The Kier molecular flexibility index (Phi) is 4.07. The van der Waals surface area contributed by atoms with Crippen LogP contribution in [0.4, 0.5) is 0 Å². The van der Waals surface area contributed by atoms with Gasteiger partial charge in [0, 0.05) is 19.0 Å². The van der Waals surface area contributed by atoms with Crippen LogP contribution in [0.5, 0.6) is 5.75 Å². The van der Waals surface area contributed by atoms with Gasteiger partial charge in [0.2, 0.25) is 0 Å². The van der Waals surface area contributed by atoms with Crippen molar-refractivity contribution in [3.8, 4) is 5.75 Å².